The first-order chi connectivity index (χ1) is 15.9. The number of pyridine rings is 1. The van der Waals surface area contributed by atoms with E-state index in [1.165, 1.54) is 12.8 Å². The van der Waals surface area contributed by atoms with Crippen LogP contribution in [0, 0.1) is 31.6 Å². The average Bonchev–Trinajstić information content (AvgIpc) is 3.64. The summed E-state index contributed by atoms with van der Waals surface area (Å²) in [6.45, 7) is 4.62. The van der Waals surface area contributed by atoms with Crippen molar-refractivity contribution in [3.05, 3.63) is 23.7 Å². The van der Waals surface area contributed by atoms with E-state index in [1.54, 1.807) is 17.5 Å². The molecule has 33 heavy (non-hydrogen) atoms. The fourth-order valence-electron chi connectivity index (χ4n) is 5.31. The van der Waals surface area contributed by atoms with Gasteiger partial charge in [-0.2, -0.15) is 4.98 Å². The number of rotatable bonds is 7. The summed E-state index contributed by atoms with van der Waals surface area (Å²) in [6.07, 6.45) is 3.83. The molecule has 3 aliphatic rings. The molecule has 3 heterocycles. The zero-order valence-electron chi connectivity index (χ0n) is 18.6. The van der Waals surface area contributed by atoms with Gasteiger partial charge in [-0.3, -0.25) is 4.98 Å². The molecule has 174 valence electrons. The number of nitrogens with one attached hydrogen (secondary N) is 2. The van der Waals surface area contributed by atoms with Gasteiger partial charge in [0, 0.05) is 31.2 Å². The molecule has 10 heteroatoms. The highest BCUT2D eigenvalue weighted by Gasteiger charge is 2.73. The Morgan fingerprint density at radius 3 is 2.67 bits per heavy atom. The topological polar surface area (TPSA) is 136 Å². The molecule has 0 bridgehead atoms. The molecule has 3 aromatic rings. The number of anilines is 2. The number of thiazole rings is 1. The molecule has 0 amide bonds. The van der Waals surface area contributed by atoms with Gasteiger partial charge in [0.15, 0.2) is 0 Å². The van der Waals surface area contributed by atoms with Crippen molar-refractivity contribution in [2.24, 2.45) is 17.8 Å². The first kappa shape index (κ1) is 21.2. The van der Waals surface area contributed by atoms with Crippen LogP contribution in [0.15, 0.2) is 12.3 Å². The first-order valence-corrected chi connectivity index (χ1v) is 12.3. The standard InChI is InChI=1S/C23H28N6O3S/c1-10-17(21-28-18-11(2)24-6-5-16(18)33-21)20(29-22(26-10)25-8-12-3-4-12)27-15-7-13-14(9-30)23(13,32)19(15)31/h5-6,12-15,19,30-32H,3-4,7-9H2,1-2H3,(H2,25,26,27,29). The Hall–Kier alpha value is -2.40. The molecule has 3 saturated carbocycles. The van der Waals surface area contributed by atoms with Crippen molar-refractivity contribution in [3.8, 4) is 10.6 Å². The number of aliphatic hydroxyl groups is 3. The van der Waals surface area contributed by atoms with E-state index in [9.17, 15) is 15.3 Å². The summed E-state index contributed by atoms with van der Waals surface area (Å²) in [6, 6.07) is 1.59. The van der Waals surface area contributed by atoms with E-state index < -0.39 is 11.7 Å². The second kappa shape index (κ2) is 7.56. The fourth-order valence-corrected chi connectivity index (χ4v) is 6.42. The molecule has 9 nitrogen and oxygen atoms in total. The highest BCUT2D eigenvalue weighted by molar-refractivity contribution is 7.21. The Morgan fingerprint density at radius 1 is 1.18 bits per heavy atom. The van der Waals surface area contributed by atoms with Gasteiger partial charge in [0.2, 0.25) is 5.95 Å². The molecule has 6 rings (SSSR count). The van der Waals surface area contributed by atoms with Crippen molar-refractivity contribution in [2.75, 3.05) is 23.8 Å². The van der Waals surface area contributed by atoms with Gasteiger partial charge < -0.3 is 26.0 Å². The van der Waals surface area contributed by atoms with Crippen LogP contribution in [0.5, 0.6) is 0 Å². The van der Waals surface area contributed by atoms with Crippen LogP contribution in [-0.4, -0.2) is 66.2 Å². The number of hydrogen-bond donors (Lipinski definition) is 5. The molecule has 0 aromatic carbocycles. The number of aryl methyl sites for hydroxylation is 2. The minimum atomic E-state index is -1.22. The van der Waals surface area contributed by atoms with Crippen LogP contribution in [0.2, 0.25) is 0 Å². The molecule has 3 fully saturated rings. The number of fused-ring (bicyclic) bond motifs is 2. The Morgan fingerprint density at radius 2 is 2.00 bits per heavy atom. The minimum Gasteiger partial charge on any atom is -0.396 e. The average molecular weight is 469 g/mol. The maximum atomic E-state index is 10.9. The number of hydrogen-bond acceptors (Lipinski definition) is 10. The van der Waals surface area contributed by atoms with E-state index >= 15 is 0 Å². The lowest BCUT2D eigenvalue weighted by Gasteiger charge is -2.25. The lowest BCUT2D eigenvalue weighted by atomic mass is 10.0. The third-order valence-electron chi connectivity index (χ3n) is 7.49. The third-order valence-corrected chi connectivity index (χ3v) is 8.52. The molecule has 0 radical (unpaired) electrons. The van der Waals surface area contributed by atoms with Crippen LogP contribution >= 0.6 is 11.3 Å². The SMILES string of the molecule is Cc1nc(NCC2CC2)nc(NC2CC3C(CO)C3(O)C2O)c1-c1nc2c(C)nccc2s1. The quantitative estimate of drug-likeness (QED) is 0.353. The van der Waals surface area contributed by atoms with Crippen LogP contribution in [0.1, 0.15) is 30.7 Å². The van der Waals surface area contributed by atoms with Crippen LogP contribution in [-0.2, 0) is 0 Å². The molecular weight excluding hydrogens is 440 g/mol. The molecule has 0 aliphatic heterocycles. The predicted octanol–water partition coefficient (Wildman–Crippen LogP) is 2.10. The van der Waals surface area contributed by atoms with Crippen LogP contribution in [0.4, 0.5) is 11.8 Å². The van der Waals surface area contributed by atoms with Crippen molar-refractivity contribution in [1.29, 1.82) is 0 Å². The van der Waals surface area contributed by atoms with Gasteiger partial charge in [0.25, 0.3) is 0 Å². The number of aromatic nitrogens is 4. The van der Waals surface area contributed by atoms with E-state index in [1.807, 2.05) is 19.9 Å². The Bertz CT molecular complexity index is 1230. The van der Waals surface area contributed by atoms with Gasteiger partial charge in [0.05, 0.1) is 27.7 Å². The molecule has 3 aliphatic carbocycles. The van der Waals surface area contributed by atoms with Crippen LogP contribution < -0.4 is 10.6 Å². The molecule has 5 unspecified atom stereocenters. The van der Waals surface area contributed by atoms with Crippen LogP contribution in [0.3, 0.4) is 0 Å². The summed E-state index contributed by atoms with van der Waals surface area (Å²) in [4.78, 5) is 18.7. The Kier molecular flexibility index (Phi) is 4.84. The van der Waals surface area contributed by atoms with Crippen molar-refractivity contribution in [2.45, 2.75) is 50.9 Å². The highest BCUT2D eigenvalue weighted by atomic mass is 32.1. The Labute approximate surface area is 195 Å². The number of aliphatic hydroxyl groups excluding tert-OH is 2. The number of nitrogens with zero attached hydrogens (tertiary/aromatic N) is 4. The maximum absolute atomic E-state index is 10.9. The molecule has 5 atom stereocenters. The molecule has 3 aromatic heterocycles. The normalized spacial score (nSPS) is 30.5. The Balaban J connectivity index is 1.37. The summed E-state index contributed by atoms with van der Waals surface area (Å²) >= 11 is 1.56. The summed E-state index contributed by atoms with van der Waals surface area (Å²) in [5.41, 5.74) is 2.10. The molecule has 5 N–H and O–H groups in total. The zero-order valence-corrected chi connectivity index (χ0v) is 19.4. The fraction of sp³-hybridized carbons (Fsp3) is 0.565. The first-order valence-electron chi connectivity index (χ1n) is 11.5. The second-order valence-electron chi connectivity index (χ2n) is 9.66. The highest BCUT2D eigenvalue weighted by Crippen LogP contribution is 2.61. The van der Waals surface area contributed by atoms with Gasteiger partial charge in [-0.1, -0.05) is 0 Å². The van der Waals surface area contributed by atoms with E-state index in [0.29, 0.717) is 24.1 Å². The lowest BCUT2D eigenvalue weighted by molar-refractivity contribution is -0.0139. The van der Waals surface area contributed by atoms with E-state index in [-0.39, 0.29) is 24.5 Å². The van der Waals surface area contributed by atoms with Gasteiger partial charge in [-0.15, -0.1) is 11.3 Å². The van der Waals surface area contributed by atoms with E-state index in [4.69, 9.17) is 15.0 Å². The van der Waals surface area contributed by atoms with Gasteiger partial charge in [-0.25, -0.2) is 9.97 Å². The third kappa shape index (κ3) is 3.39. The maximum Gasteiger partial charge on any atom is 0.224 e. The largest absolute Gasteiger partial charge is 0.396 e. The second-order valence-corrected chi connectivity index (χ2v) is 10.7. The summed E-state index contributed by atoms with van der Waals surface area (Å²) in [5, 5.41) is 38.7. The summed E-state index contributed by atoms with van der Waals surface area (Å²) < 4.78 is 1.04. The van der Waals surface area contributed by atoms with Crippen molar-refractivity contribution in [3.63, 3.8) is 0 Å². The van der Waals surface area contributed by atoms with Crippen molar-refractivity contribution >= 4 is 33.3 Å². The molecule has 0 spiro atoms. The minimum absolute atomic E-state index is 0.106. The van der Waals surface area contributed by atoms with Gasteiger partial charge in [-0.05, 0) is 45.1 Å². The zero-order chi connectivity index (χ0) is 22.9. The monoisotopic (exact) mass is 468 g/mol. The van der Waals surface area contributed by atoms with Crippen molar-refractivity contribution < 1.29 is 15.3 Å². The van der Waals surface area contributed by atoms with E-state index in [0.717, 1.165) is 38.7 Å². The predicted molar refractivity (Wildman–Crippen MR) is 126 cm³/mol. The smallest absolute Gasteiger partial charge is 0.224 e. The summed E-state index contributed by atoms with van der Waals surface area (Å²) in [5.74, 6) is 1.46. The van der Waals surface area contributed by atoms with Gasteiger partial charge >= 0.3 is 0 Å². The van der Waals surface area contributed by atoms with Gasteiger partial charge in [0.1, 0.15) is 28.0 Å². The summed E-state index contributed by atoms with van der Waals surface area (Å²) in [7, 11) is 0. The lowest BCUT2D eigenvalue weighted by Crippen LogP contribution is -2.41. The molecule has 0 saturated heterocycles. The van der Waals surface area contributed by atoms with E-state index in [2.05, 4.69) is 15.6 Å². The molecular formula is C23H28N6O3S. The van der Waals surface area contributed by atoms with Crippen LogP contribution in [0.25, 0.3) is 20.8 Å². The van der Waals surface area contributed by atoms with Crippen molar-refractivity contribution in [1.82, 2.24) is 19.9 Å².